The molecule has 142 valence electrons. The molecule has 2 aromatic rings. The SMILES string of the molecule is O=C(CCC(=O)NNC(=O)CCc1ccccc1Cl)NCc1ccccc1. The normalized spacial score (nSPS) is 10.1. The van der Waals surface area contributed by atoms with Gasteiger partial charge >= 0.3 is 0 Å². The Hall–Kier alpha value is -2.86. The van der Waals surface area contributed by atoms with Gasteiger partial charge in [0.15, 0.2) is 0 Å². The lowest BCUT2D eigenvalue weighted by atomic mass is 10.1. The molecule has 2 aromatic carbocycles. The van der Waals surface area contributed by atoms with Crippen LogP contribution in [0.4, 0.5) is 0 Å². The van der Waals surface area contributed by atoms with E-state index in [2.05, 4.69) is 16.2 Å². The number of carbonyl (C=O) groups excluding carboxylic acids is 3. The van der Waals surface area contributed by atoms with Crippen molar-refractivity contribution in [1.29, 1.82) is 0 Å². The highest BCUT2D eigenvalue weighted by atomic mass is 35.5. The van der Waals surface area contributed by atoms with Crippen LogP contribution in [0.3, 0.4) is 0 Å². The van der Waals surface area contributed by atoms with E-state index >= 15 is 0 Å². The van der Waals surface area contributed by atoms with Gasteiger partial charge in [-0.1, -0.05) is 60.1 Å². The summed E-state index contributed by atoms with van der Waals surface area (Å²) < 4.78 is 0. The Morgan fingerprint density at radius 2 is 1.33 bits per heavy atom. The largest absolute Gasteiger partial charge is 0.352 e. The summed E-state index contributed by atoms with van der Waals surface area (Å²) in [7, 11) is 0. The smallest absolute Gasteiger partial charge is 0.238 e. The summed E-state index contributed by atoms with van der Waals surface area (Å²) in [5.41, 5.74) is 6.51. The summed E-state index contributed by atoms with van der Waals surface area (Å²) in [5, 5.41) is 3.35. The van der Waals surface area contributed by atoms with E-state index in [0.717, 1.165) is 11.1 Å². The third kappa shape index (κ3) is 7.92. The van der Waals surface area contributed by atoms with Gasteiger partial charge < -0.3 is 5.32 Å². The van der Waals surface area contributed by atoms with Gasteiger partial charge in [-0.25, -0.2) is 0 Å². The molecule has 0 heterocycles. The van der Waals surface area contributed by atoms with Gasteiger partial charge in [-0.05, 0) is 23.6 Å². The molecule has 0 radical (unpaired) electrons. The Bertz CT molecular complexity index is 781. The molecule has 0 saturated carbocycles. The van der Waals surface area contributed by atoms with Gasteiger partial charge in [0.05, 0.1) is 0 Å². The van der Waals surface area contributed by atoms with Crippen LogP contribution >= 0.6 is 11.6 Å². The highest BCUT2D eigenvalue weighted by Gasteiger charge is 2.09. The molecule has 0 atom stereocenters. The average Bonchev–Trinajstić information content (AvgIpc) is 2.69. The maximum atomic E-state index is 11.8. The van der Waals surface area contributed by atoms with Crippen molar-refractivity contribution in [3.05, 3.63) is 70.7 Å². The van der Waals surface area contributed by atoms with E-state index < -0.39 is 5.91 Å². The molecule has 0 spiro atoms. The lowest BCUT2D eigenvalue weighted by Crippen LogP contribution is -2.42. The predicted molar refractivity (Wildman–Crippen MR) is 104 cm³/mol. The molecule has 6 nitrogen and oxygen atoms in total. The third-order valence-corrected chi connectivity index (χ3v) is 4.20. The fraction of sp³-hybridized carbons (Fsp3) is 0.250. The molecule has 0 fully saturated rings. The molecule has 3 N–H and O–H groups in total. The first kappa shape index (κ1) is 20.5. The number of benzene rings is 2. The number of amides is 3. The van der Waals surface area contributed by atoms with Gasteiger partial charge in [0, 0.05) is 30.8 Å². The van der Waals surface area contributed by atoms with Gasteiger partial charge in [-0.3, -0.25) is 25.2 Å². The minimum absolute atomic E-state index is 0.00852. The molecule has 0 aliphatic rings. The molecule has 3 amide bonds. The van der Waals surface area contributed by atoms with Crippen LogP contribution in [0.1, 0.15) is 30.4 Å². The summed E-state index contributed by atoms with van der Waals surface area (Å²) >= 11 is 6.03. The fourth-order valence-corrected chi connectivity index (χ4v) is 2.56. The molecule has 0 aliphatic carbocycles. The van der Waals surface area contributed by atoms with Crippen LogP contribution in [0.5, 0.6) is 0 Å². The molecule has 0 bridgehead atoms. The van der Waals surface area contributed by atoms with Gasteiger partial charge in [-0.15, -0.1) is 0 Å². The first-order valence-electron chi connectivity index (χ1n) is 8.66. The quantitative estimate of drug-likeness (QED) is 0.608. The second-order valence-corrected chi connectivity index (χ2v) is 6.36. The van der Waals surface area contributed by atoms with Gasteiger partial charge in [-0.2, -0.15) is 0 Å². The molecule has 0 unspecified atom stereocenters. The summed E-state index contributed by atoms with van der Waals surface area (Å²) in [4.78, 5) is 35.3. The van der Waals surface area contributed by atoms with E-state index in [1.807, 2.05) is 48.5 Å². The van der Waals surface area contributed by atoms with Crippen molar-refractivity contribution in [1.82, 2.24) is 16.2 Å². The number of aryl methyl sites for hydroxylation is 1. The van der Waals surface area contributed by atoms with Crippen LogP contribution in [-0.2, 0) is 27.3 Å². The van der Waals surface area contributed by atoms with Gasteiger partial charge in [0.2, 0.25) is 17.7 Å². The molecule has 27 heavy (non-hydrogen) atoms. The van der Waals surface area contributed by atoms with Crippen molar-refractivity contribution in [2.75, 3.05) is 0 Å². The summed E-state index contributed by atoms with van der Waals surface area (Å²) in [6.45, 7) is 0.417. The van der Waals surface area contributed by atoms with Crippen LogP contribution in [0.2, 0.25) is 5.02 Å². The first-order chi connectivity index (χ1) is 13.0. The predicted octanol–water partition coefficient (Wildman–Crippen LogP) is 2.52. The Morgan fingerprint density at radius 1 is 0.741 bits per heavy atom. The zero-order valence-corrected chi connectivity index (χ0v) is 15.6. The van der Waals surface area contributed by atoms with Crippen molar-refractivity contribution in [3.8, 4) is 0 Å². The summed E-state index contributed by atoms with van der Waals surface area (Å²) in [6.07, 6.45) is 0.713. The second kappa shape index (κ2) is 11.0. The highest BCUT2D eigenvalue weighted by molar-refractivity contribution is 6.31. The molecule has 0 aliphatic heterocycles. The standard InChI is InChI=1S/C20H22ClN3O3/c21-17-9-5-4-8-16(17)10-11-19(26)23-24-20(27)13-12-18(25)22-14-15-6-2-1-3-7-15/h1-9H,10-14H2,(H,22,25)(H,23,26)(H,24,27). The molecule has 0 aromatic heterocycles. The Kier molecular flexibility index (Phi) is 8.32. The van der Waals surface area contributed by atoms with Gasteiger partial charge in [0.1, 0.15) is 0 Å². The van der Waals surface area contributed by atoms with Crippen LogP contribution in [-0.4, -0.2) is 17.7 Å². The maximum absolute atomic E-state index is 11.8. The van der Waals surface area contributed by atoms with Crippen molar-refractivity contribution in [3.63, 3.8) is 0 Å². The van der Waals surface area contributed by atoms with E-state index in [9.17, 15) is 14.4 Å². The van der Waals surface area contributed by atoms with Crippen molar-refractivity contribution in [2.24, 2.45) is 0 Å². The number of halogens is 1. The number of rotatable bonds is 8. The van der Waals surface area contributed by atoms with Crippen LogP contribution in [0.15, 0.2) is 54.6 Å². The van der Waals surface area contributed by atoms with E-state index in [4.69, 9.17) is 11.6 Å². The Morgan fingerprint density at radius 3 is 2.04 bits per heavy atom. The van der Waals surface area contributed by atoms with Crippen molar-refractivity contribution in [2.45, 2.75) is 32.2 Å². The van der Waals surface area contributed by atoms with Crippen molar-refractivity contribution >= 4 is 29.3 Å². The molecule has 7 heteroatoms. The maximum Gasteiger partial charge on any atom is 0.238 e. The lowest BCUT2D eigenvalue weighted by molar-refractivity contribution is -0.130. The minimum Gasteiger partial charge on any atom is -0.352 e. The second-order valence-electron chi connectivity index (χ2n) is 5.95. The van der Waals surface area contributed by atoms with Crippen LogP contribution in [0, 0.1) is 0 Å². The molecule has 2 rings (SSSR count). The summed E-state index contributed by atoms with van der Waals surface area (Å²) in [6, 6.07) is 16.8. The van der Waals surface area contributed by atoms with Crippen LogP contribution in [0.25, 0.3) is 0 Å². The Balaban J connectivity index is 1.59. The molecule has 0 saturated heterocycles. The average molecular weight is 388 g/mol. The number of hydrogen-bond acceptors (Lipinski definition) is 3. The number of carbonyl (C=O) groups is 3. The van der Waals surface area contributed by atoms with Crippen LogP contribution < -0.4 is 16.2 Å². The Labute approximate surface area is 163 Å². The first-order valence-corrected chi connectivity index (χ1v) is 9.04. The highest BCUT2D eigenvalue weighted by Crippen LogP contribution is 2.16. The van der Waals surface area contributed by atoms with Gasteiger partial charge in [0.25, 0.3) is 0 Å². The number of hydrazine groups is 1. The monoisotopic (exact) mass is 387 g/mol. The fourth-order valence-electron chi connectivity index (χ4n) is 2.33. The number of nitrogens with one attached hydrogen (secondary N) is 3. The lowest BCUT2D eigenvalue weighted by Gasteiger charge is -2.08. The summed E-state index contributed by atoms with van der Waals surface area (Å²) in [5.74, 6) is -0.966. The van der Waals surface area contributed by atoms with E-state index in [0.29, 0.717) is 18.0 Å². The molecular weight excluding hydrogens is 366 g/mol. The van der Waals surface area contributed by atoms with Crippen molar-refractivity contribution < 1.29 is 14.4 Å². The zero-order chi connectivity index (χ0) is 19.5. The zero-order valence-electron chi connectivity index (χ0n) is 14.8. The van der Waals surface area contributed by atoms with E-state index in [1.54, 1.807) is 6.07 Å². The minimum atomic E-state index is -0.420. The third-order valence-electron chi connectivity index (χ3n) is 3.83. The number of hydrogen-bond donors (Lipinski definition) is 3. The van der Waals surface area contributed by atoms with E-state index in [1.165, 1.54) is 0 Å². The topological polar surface area (TPSA) is 87.3 Å². The van der Waals surface area contributed by atoms with E-state index in [-0.39, 0.29) is 31.1 Å². The molecular formula is C20H22ClN3O3.